The highest BCUT2D eigenvalue weighted by atomic mass is 79.9. The Morgan fingerprint density at radius 1 is 1.14 bits per heavy atom. The Kier molecular flexibility index (Phi) is 3.72. The zero-order valence-corrected chi connectivity index (χ0v) is 14.8. The first kappa shape index (κ1) is 15.2. The number of nitrogens with zero attached hydrogens (tertiary/aromatic N) is 2. The van der Waals surface area contributed by atoms with Gasteiger partial charge in [-0.05, 0) is 61.2 Å². The van der Waals surface area contributed by atoms with Gasteiger partial charge in [0, 0.05) is 6.20 Å². The van der Waals surface area contributed by atoms with Gasteiger partial charge >= 0.3 is 7.12 Å². The zero-order chi connectivity index (χ0) is 15.3. The Labute approximate surface area is 137 Å². The van der Waals surface area contributed by atoms with E-state index in [9.17, 15) is 0 Å². The van der Waals surface area contributed by atoms with E-state index in [4.69, 9.17) is 9.31 Å². The Morgan fingerprint density at radius 3 is 2.38 bits per heavy atom. The van der Waals surface area contributed by atoms with Crippen LogP contribution in [0.2, 0.25) is 0 Å². The molecule has 1 fully saturated rings. The van der Waals surface area contributed by atoms with Crippen LogP contribution >= 0.6 is 27.3 Å². The highest BCUT2D eigenvalue weighted by molar-refractivity contribution is 9.10. The van der Waals surface area contributed by atoms with Gasteiger partial charge in [-0.1, -0.05) is 0 Å². The van der Waals surface area contributed by atoms with Gasteiger partial charge in [-0.15, -0.1) is 11.3 Å². The minimum atomic E-state index is -0.388. The van der Waals surface area contributed by atoms with Gasteiger partial charge in [-0.3, -0.25) is 4.98 Å². The molecule has 2 aromatic rings. The fourth-order valence-electron chi connectivity index (χ4n) is 2.10. The summed E-state index contributed by atoms with van der Waals surface area (Å²) in [6, 6.07) is 3.94. The molecule has 4 nitrogen and oxygen atoms in total. The van der Waals surface area contributed by atoms with Crippen molar-refractivity contribution in [1.82, 2.24) is 9.97 Å². The number of thiazole rings is 1. The monoisotopic (exact) mass is 366 g/mol. The third-order valence-corrected chi connectivity index (χ3v) is 5.23. The smallest absolute Gasteiger partial charge is 0.399 e. The van der Waals surface area contributed by atoms with E-state index in [1.807, 2.05) is 46.0 Å². The fraction of sp³-hybridized carbons (Fsp3) is 0.429. The topological polar surface area (TPSA) is 44.2 Å². The third-order valence-electron chi connectivity index (χ3n) is 4.03. The van der Waals surface area contributed by atoms with Gasteiger partial charge in [0.15, 0.2) is 0 Å². The van der Waals surface area contributed by atoms with E-state index in [-0.39, 0.29) is 18.3 Å². The summed E-state index contributed by atoms with van der Waals surface area (Å²) in [5, 5.41) is 0. The van der Waals surface area contributed by atoms with Gasteiger partial charge in [-0.2, -0.15) is 0 Å². The summed E-state index contributed by atoms with van der Waals surface area (Å²) >= 11 is 5.02. The predicted molar refractivity (Wildman–Crippen MR) is 88.8 cm³/mol. The summed E-state index contributed by atoms with van der Waals surface area (Å²) in [6.07, 6.45) is 1.81. The molecule has 3 rings (SSSR count). The maximum atomic E-state index is 6.09. The van der Waals surface area contributed by atoms with E-state index in [1.54, 1.807) is 16.8 Å². The van der Waals surface area contributed by atoms with Crippen molar-refractivity contribution < 1.29 is 9.31 Å². The van der Waals surface area contributed by atoms with Crippen LogP contribution in [-0.4, -0.2) is 28.3 Å². The van der Waals surface area contributed by atoms with Crippen molar-refractivity contribution in [3.8, 4) is 10.6 Å². The number of rotatable bonds is 2. The quantitative estimate of drug-likeness (QED) is 0.604. The predicted octanol–water partition coefficient (Wildman–Crippen LogP) is 3.27. The second kappa shape index (κ2) is 5.16. The van der Waals surface area contributed by atoms with Crippen molar-refractivity contribution in [2.24, 2.45) is 0 Å². The van der Waals surface area contributed by atoms with Crippen molar-refractivity contribution in [3.05, 3.63) is 28.4 Å². The van der Waals surface area contributed by atoms with Crippen LogP contribution in [-0.2, 0) is 9.31 Å². The van der Waals surface area contributed by atoms with E-state index < -0.39 is 0 Å². The van der Waals surface area contributed by atoms with Gasteiger partial charge in [-0.25, -0.2) is 4.98 Å². The number of hydrogen-bond donors (Lipinski definition) is 0. The van der Waals surface area contributed by atoms with E-state index in [1.165, 1.54) is 0 Å². The number of halogens is 1. The minimum absolute atomic E-state index is 0.349. The van der Waals surface area contributed by atoms with Crippen molar-refractivity contribution in [2.45, 2.75) is 38.9 Å². The average molecular weight is 367 g/mol. The highest BCUT2D eigenvalue weighted by Crippen LogP contribution is 2.36. The van der Waals surface area contributed by atoms with E-state index >= 15 is 0 Å². The third kappa shape index (κ3) is 2.80. The van der Waals surface area contributed by atoms with Crippen LogP contribution in [0.5, 0.6) is 0 Å². The Bertz CT molecular complexity index is 645. The second-order valence-electron chi connectivity index (χ2n) is 6.06. The summed E-state index contributed by atoms with van der Waals surface area (Å²) in [4.78, 5) is 9.62. The first-order valence-corrected chi connectivity index (χ1v) is 8.38. The molecule has 0 unspecified atom stereocenters. The molecule has 0 amide bonds. The molecule has 110 valence electrons. The number of aromatic nitrogens is 2. The van der Waals surface area contributed by atoms with Crippen LogP contribution in [0.4, 0.5) is 0 Å². The lowest BCUT2D eigenvalue weighted by atomic mass is 9.79. The molecule has 7 heteroatoms. The van der Waals surface area contributed by atoms with Crippen LogP contribution in [0.25, 0.3) is 10.6 Å². The van der Waals surface area contributed by atoms with Gasteiger partial charge in [0.2, 0.25) is 0 Å². The highest BCUT2D eigenvalue weighted by Gasteiger charge is 2.51. The van der Waals surface area contributed by atoms with Crippen molar-refractivity contribution in [3.63, 3.8) is 0 Å². The van der Waals surface area contributed by atoms with E-state index in [0.29, 0.717) is 0 Å². The Balaban J connectivity index is 1.97. The molecule has 3 heterocycles. The molecular formula is C14H16BBrN2O2S. The molecule has 0 aromatic carbocycles. The molecule has 0 saturated carbocycles. The summed E-state index contributed by atoms with van der Waals surface area (Å²) in [6.45, 7) is 8.20. The lowest BCUT2D eigenvalue weighted by Gasteiger charge is -2.32. The molecule has 0 bridgehead atoms. The molecule has 0 spiro atoms. The minimum Gasteiger partial charge on any atom is -0.399 e. The van der Waals surface area contributed by atoms with Crippen LogP contribution < -0.4 is 5.46 Å². The molecule has 1 aliphatic rings. The number of pyridine rings is 1. The molecule has 0 atom stereocenters. The fourth-order valence-corrected chi connectivity index (χ4v) is 3.14. The van der Waals surface area contributed by atoms with Gasteiger partial charge in [0.25, 0.3) is 0 Å². The van der Waals surface area contributed by atoms with Gasteiger partial charge < -0.3 is 9.31 Å². The second-order valence-corrected chi connectivity index (χ2v) is 7.76. The Morgan fingerprint density at radius 2 is 1.81 bits per heavy atom. The maximum Gasteiger partial charge on any atom is 0.495 e. The largest absolute Gasteiger partial charge is 0.495 e. The number of hydrogen-bond acceptors (Lipinski definition) is 5. The van der Waals surface area contributed by atoms with Gasteiger partial charge in [0.1, 0.15) is 4.60 Å². The van der Waals surface area contributed by atoms with Crippen LogP contribution in [0.1, 0.15) is 27.7 Å². The summed E-state index contributed by atoms with van der Waals surface area (Å²) in [7, 11) is -0.388. The van der Waals surface area contributed by atoms with Crippen molar-refractivity contribution in [1.29, 1.82) is 0 Å². The normalized spacial score (nSPS) is 20.0. The summed E-state index contributed by atoms with van der Waals surface area (Å²) in [5.74, 6) is 0. The SMILES string of the molecule is CC1(C)OB(c2cc(Br)nc(-c3cncs3)c2)OC1(C)C. The van der Waals surface area contributed by atoms with E-state index in [0.717, 1.165) is 20.6 Å². The molecule has 0 radical (unpaired) electrons. The standard InChI is InChI=1S/C14H16BBrN2O2S/c1-13(2)14(3,4)20-15(19-13)9-5-10(18-12(16)6-9)11-7-17-8-21-11/h5-8H,1-4H3. The van der Waals surface area contributed by atoms with Crippen LogP contribution in [0.15, 0.2) is 28.4 Å². The molecule has 1 aliphatic heterocycles. The molecule has 0 aliphatic carbocycles. The van der Waals surface area contributed by atoms with Crippen molar-refractivity contribution >= 4 is 39.8 Å². The molecule has 1 saturated heterocycles. The molecule has 21 heavy (non-hydrogen) atoms. The van der Waals surface area contributed by atoms with Crippen LogP contribution in [0.3, 0.4) is 0 Å². The summed E-state index contributed by atoms with van der Waals surface area (Å²) in [5.41, 5.74) is 2.93. The maximum absolute atomic E-state index is 6.09. The molecule has 2 aromatic heterocycles. The van der Waals surface area contributed by atoms with Crippen LogP contribution in [0, 0.1) is 0 Å². The zero-order valence-electron chi connectivity index (χ0n) is 12.4. The van der Waals surface area contributed by atoms with E-state index in [2.05, 4.69) is 25.9 Å². The first-order chi connectivity index (χ1) is 9.78. The summed E-state index contributed by atoms with van der Waals surface area (Å²) < 4.78 is 13.0. The lowest BCUT2D eigenvalue weighted by molar-refractivity contribution is 0.00578. The lowest BCUT2D eigenvalue weighted by Crippen LogP contribution is -2.41. The molecular weight excluding hydrogens is 351 g/mol. The Hall–Kier alpha value is -0.755. The first-order valence-electron chi connectivity index (χ1n) is 6.70. The average Bonchev–Trinajstić information content (AvgIpc) is 2.96. The van der Waals surface area contributed by atoms with Gasteiger partial charge in [0.05, 0.1) is 27.3 Å². The van der Waals surface area contributed by atoms with Crippen molar-refractivity contribution in [2.75, 3.05) is 0 Å². The molecule has 0 N–H and O–H groups in total.